The van der Waals surface area contributed by atoms with Gasteiger partial charge >= 0.3 is 11.7 Å². The van der Waals surface area contributed by atoms with Crippen molar-refractivity contribution in [3.63, 3.8) is 0 Å². The summed E-state index contributed by atoms with van der Waals surface area (Å²) in [4.78, 5) is 44.1. The zero-order chi connectivity index (χ0) is 24.1. The first-order chi connectivity index (χ1) is 16.2. The standard InChI is InChI=1S/C21H19FN6O6/c1-10-9-34-19-16-13(18(29)14(20(30)31)8-27(10)16)4-15(22)17(19)26-3-2-11(7-26)25-21-23-5-12(6-24-21)28(32)33/h4-6,8,10-11H,2-3,7,9H2,1H3,(H,30,31)(H,23,24,25)/t10-,11-/m0/s1. The molecule has 1 fully saturated rings. The van der Waals surface area contributed by atoms with Crippen LogP contribution in [0.25, 0.3) is 10.9 Å². The third-order valence-corrected chi connectivity index (χ3v) is 6.06. The van der Waals surface area contributed by atoms with Crippen LogP contribution in [0.4, 0.5) is 21.7 Å². The van der Waals surface area contributed by atoms with Crippen LogP contribution in [0.15, 0.2) is 29.5 Å². The zero-order valence-corrected chi connectivity index (χ0v) is 17.9. The van der Waals surface area contributed by atoms with Gasteiger partial charge in [-0.05, 0) is 19.4 Å². The SMILES string of the molecule is C[C@H]1COc2c(N3CC[C@H](Nc4ncc([N+](=O)[O-])cn4)C3)c(F)cc3c(=O)c(C(=O)O)cn1c23. The lowest BCUT2D eigenvalue weighted by Gasteiger charge is -2.31. The van der Waals surface area contributed by atoms with Gasteiger partial charge in [-0.25, -0.2) is 19.2 Å². The second-order valence-electron chi connectivity index (χ2n) is 8.27. The number of hydrogen-bond donors (Lipinski definition) is 2. The lowest BCUT2D eigenvalue weighted by Crippen LogP contribution is -2.30. The number of ether oxygens (including phenoxy) is 1. The zero-order valence-electron chi connectivity index (χ0n) is 17.9. The first-order valence-corrected chi connectivity index (χ1v) is 10.5. The Hall–Kier alpha value is -4.29. The van der Waals surface area contributed by atoms with E-state index in [0.717, 1.165) is 18.5 Å². The molecule has 0 saturated carbocycles. The fraction of sp³-hybridized carbons (Fsp3) is 0.333. The van der Waals surface area contributed by atoms with Crippen molar-refractivity contribution in [3.05, 3.63) is 56.4 Å². The monoisotopic (exact) mass is 470 g/mol. The van der Waals surface area contributed by atoms with E-state index >= 15 is 4.39 Å². The highest BCUT2D eigenvalue weighted by Crippen LogP contribution is 2.42. The van der Waals surface area contributed by atoms with Gasteiger partial charge in [0.1, 0.15) is 30.3 Å². The summed E-state index contributed by atoms with van der Waals surface area (Å²) < 4.78 is 22.9. The molecule has 2 atom stereocenters. The van der Waals surface area contributed by atoms with Gasteiger partial charge in [-0.1, -0.05) is 0 Å². The minimum Gasteiger partial charge on any atom is -0.487 e. The average Bonchev–Trinajstić information content (AvgIpc) is 3.25. The number of anilines is 2. The van der Waals surface area contributed by atoms with Gasteiger partial charge in [0.2, 0.25) is 11.4 Å². The van der Waals surface area contributed by atoms with Crippen molar-refractivity contribution in [2.75, 3.05) is 29.9 Å². The number of aromatic nitrogens is 3. The number of carbonyl (C=O) groups is 1. The Morgan fingerprint density at radius 1 is 1.38 bits per heavy atom. The van der Waals surface area contributed by atoms with Crippen molar-refractivity contribution in [1.82, 2.24) is 14.5 Å². The highest BCUT2D eigenvalue weighted by molar-refractivity contribution is 5.97. The normalized spacial score (nSPS) is 19.2. The Balaban J connectivity index is 1.49. The molecule has 0 aliphatic carbocycles. The number of benzene rings is 1. The van der Waals surface area contributed by atoms with Gasteiger partial charge in [-0.2, -0.15) is 0 Å². The molecule has 1 aromatic carbocycles. The molecule has 176 valence electrons. The molecule has 5 rings (SSSR count). The molecule has 0 spiro atoms. The number of nitro groups is 1. The number of nitrogens with one attached hydrogen (secondary N) is 1. The number of rotatable bonds is 5. The first-order valence-electron chi connectivity index (χ1n) is 10.5. The minimum atomic E-state index is -1.37. The summed E-state index contributed by atoms with van der Waals surface area (Å²) in [6.45, 7) is 2.84. The first kappa shape index (κ1) is 21.6. The fourth-order valence-corrected chi connectivity index (χ4v) is 4.41. The predicted molar refractivity (Wildman–Crippen MR) is 118 cm³/mol. The van der Waals surface area contributed by atoms with E-state index in [2.05, 4.69) is 15.3 Å². The summed E-state index contributed by atoms with van der Waals surface area (Å²) in [5.41, 5.74) is -0.850. The van der Waals surface area contributed by atoms with Crippen LogP contribution >= 0.6 is 0 Å². The van der Waals surface area contributed by atoms with E-state index in [1.165, 1.54) is 6.20 Å². The van der Waals surface area contributed by atoms with Crippen LogP contribution < -0.4 is 20.4 Å². The number of pyridine rings is 1. The molecule has 1 saturated heterocycles. The molecule has 0 unspecified atom stereocenters. The molecule has 2 N–H and O–H groups in total. The molecule has 34 heavy (non-hydrogen) atoms. The molecule has 0 bridgehead atoms. The van der Waals surface area contributed by atoms with E-state index in [1.54, 1.807) is 9.47 Å². The third kappa shape index (κ3) is 3.45. The average molecular weight is 470 g/mol. The Bertz CT molecular complexity index is 1390. The number of halogens is 1. The predicted octanol–water partition coefficient (Wildman–Crippen LogP) is 2.18. The molecule has 2 aliphatic rings. The second-order valence-corrected chi connectivity index (χ2v) is 8.27. The second kappa shape index (κ2) is 7.93. The Kier molecular flexibility index (Phi) is 5.03. The van der Waals surface area contributed by atoms with Crippen molar-refractivity contribution in [1.29, 1.82) is 0 Å². The van der Waals surface area contributed by atoms with Crippen LogP contribution in [-0.4, -0.2) is 56.3 Å². The van der Waals surface area contributed by atoms with Crippen molar-refractivity contribution in [2.45, 2.75) is 25.4 Å². The van der Waals surface area contributed by atoms with E-state index in [1.807, 2.05) is 6.92 Å². The highest BCUT2D eigenvalue weighted by atomic mass is 19.1. The summed E-state index contributed by atoms with van der Waals surface area (Å²) in [5.74, 6) is -1.63. The number of hydrogen-bond acceptors (Lipinski definition) is 9. The topological polar surface area (TPSA) is 153 Å². The minimum absolute atomic E-state index is 0.0455. The van der Waals surface area contributed by atoms with Gasteiger partial charge in [0, 0.05) is 25.3 Å². The largest absolute Gasteiger partial charge is 0.487 e. The summed E-state index contributed by atoms with van der Waals surface area (Å²) in [6, 6.07) is 0.656. The van der Waals surface area contributed by atoms with Gasteiger partial charge in [0.25, 0.3) is 0 Å². The number of aromatic carboxylic acids is 1. The summed E-state index contributed by atoms with van der Waals surface area (Å²) in [7, 11) is 0. The van der Waals surface area contributed by atoms with E-state index in [-0.39, 0.29) is 47.1 Å². The fourth-order valence-electron chi connectivity index (χ4n) is 4.41. The van der Waals surface area contributed by atoms with Crippen LogP contribution in [0.3, 0.4) is 0 Å². The quantitative estimate of drug-likeness (QED) is 0.419. The summed E-state index contributed by atoms with van der Waals surface area (Å²) in [6.07, 6.45) is 4.10. The lowest BCUT2D eigenvalue weighted by molar-refractivity contribution is -0.385. The van der Waals surface area contributed by atoms with Gasteiger partial charge in [0.05, 0.1) is 21.9 Å². The third-order valence-electron chi connectivity index (χ3n) is 6.06. The molecule has 2 aliphatic heterocycles. The highest BCUT2D eigenvalue weighted by Gasteiger charge is 2.33. The van der Waals surface area contributed by atoms with Crippen LogP contribution in [0.5, 0.6) is 5.75 Å². The Labute approximate surface area is 190 Å². The van der Waals surface area contributed by atoms with E-state index in [9.17, 15) is 24.8 Å². The van der Waals surface area contributed by atoms with Gasteiger partial charge < -0.3 is 24.6 Å². The van der Waals surface area contributed by atoms with Gasteiger partial charge in [-0.15, -0.1) is 0 Å². The van der Waals surface area contributed by atoms with Crippen molar-refractivity contribution < 1.29 is 24.0 Å². The molecule has 4 heterocycles. The van der Waals surface area contributed by atoms with E-state index in [4.69, 9.17) is 4.74 Å². The molecule has 12 nitrogen and oxygen atoms in total. The molecule has 0 amide bonds. The molecular formula is C21H19FN6O6. The Morgan fingerprint density at radius 2 is 2.12 bits per heavy atom. The maximum absolute atomic E-state index is 15.3. The summed E-state index contributed by atoms with van der Waals surface area (Å²) >= 11 is 0. The van der Waals surface area contributed by atoms with Gasteiger partial charge in [0.15, 0.2) is 11.6 Å². The van der Waals surface area contributed by atoms with Crippen LogP contribution in [-0.2, 0) is 0 Å². The van der Waals surface area contributed by atoms with Crippen molar-refractivity contribution in [3.8, 4) is 5.75 Å². The van der Waals surface area contributed by atoms with Crippen molar-refractivity contribution >= 4 is 34.2 Å². The number of carboxylic acids is 1. The van der Waals surface area contributed by atoms with Crippen LogP contribution in [0, 0.1) is 15.9 Å². The number of nitrogens with zero attached hydrogens (tertiary/aromatic N) is 5. The molecule has 0 radical (unpaired) electrons. The lowest BCUT2D eigenvalue weighted by atomic mass is 10.1. The molecule has 3 aromatic rings. The maximum atomic E-state index is 15.3. The van der Waals surface area contributed by atoms with Gasteiger partial charge in [-0.3, -0.25) is 14.9 Å². The maximum Gasteiger partial charge on any atom is 0.341 e. The summed E-state index contributed by atoms with van der Waals surface area (Å²) in [5, 5.41) is 23.2. The van der Waals surface area contributed by atoms with E-state index in [0.29, 0.717) is 25.0 Å². The smallest absolute Gasteiger partial charge is 0.341 e. The molecule has 13 heteroatoms. The Morgan fingerprint density at radius 3 is 2.79 bits per heavy atom. The van der Waals surface area contributed by atoms with Crippen LogP contribution in [0.1, 0.15) is 29.7 Å². The van der Waals surface area contributed by atoms with E-state index < -0.39 is 27.7 Å². The molecule has 2 aromatic heterocycles. The number of carboxylic acid groups (broad SMARTS) is 1. The van der Waals surface area contributed by atoms with Crippen LogP contribution in [0.2, 0.25) is 0 Å². The molecular weight excluding hydrogens is 451 g/mol. The van der Waals surface area contributed by atoms with Crippen molar-refractivity contribution in [2.24, 2.45) is 0 Å².